The molecule has 5 nitrogen and oxygen atoms in total. The molecule has 0 saturated heterocycles. The number of benzene rings is 1. The lowest BCUT2D eigenvalue weighted by Gasteiger charge is -2.14. The normalized spacial score (nSPS) is 11.8. The van der Waals surface area contributed by atoms with Crippen LogP contribution in [0.5, 0.6) is 0 Å². The lowest BCUT2D eigenvalue weighted by atomic mass is 10.0. The Morgan fingerprint density at radius 1 is 1.18 bits per heavy atom. The van der Waals surface area contributed by atoms with Gasteiger partial charge in [-0.15, -0.1) is 0 Å². The number of carbonyl (C=O) groups is 1. The van der Waals surface area contributed by atoms with E-state index in [-0.39, 0.29) is 11.9 Å². The first-order chi connectivity index (χ1) is 10.6. The molecule has 1 amide bonds. The standard InChI is InChI=1S/C17H22N4O/c1-4-5-13-6-8-14(9-7-13)12(2)21-16(22)15-10-19-17(18-3)20-11-15/h6-12H,4-5H2,1-3H3,(H,21,22)(H,18,19,20). The van der Waals surface area contributed by atoms with E-state index in [0.29, 0.717) is 11.5 Å². The van der Waals surface area contributed by atoms with Crippen molar-refractivity contribution in [2.24, 2.45) is 0 Å². The predicted molar refractivity (Wildman–Crippen MR) is 87.9 cm³/mol. The molecule has 0 saturated carbocycles. The molecule has 0 radical (unpaired) electrons. The Kier molecular flexibility index (Phi) is 5.47. The summed E-state index contributed by atoms with van der Waals surface area (Å²) in [5.41, 5.74) is 2.86. The molecule has 2 rings (SSSR count). The van der Waals surface area contributed by atoms with Crippen molar-refractivity contribution in [1.29, 1.82) is 0 Å². The van der Waals surface area contributed by atoms with Crippen molar-refractivity contribution in [1.82, 2.24) is 15.3 Å². The number of nitrogens with zero attached hydrogens (tertiary/aromatic N) is 2. The van der Waals surface area contributed by atoms with E-state index in [9.17, 15) is 4.79 Å². The topological polar surface area (TPSA) is 66.9 Å². The van der Waals surface area contributed by atoms with Gasteiger partial charge in [0.15, 0.2) is 0 Å². The molecule has 1 heterocycles. The lowest BCUT2D eigenvalue weighted by Crippen LogP contribution is -2.27. The molecular formula is C17H22N4O. The largest absolute Gasteiger partial charge is 0.357 e. The van der Waals surface area contributed by atoms with Gasteiger partial charge in [0.2, 0.25) is 5.95 Å². The van der Waals surface area contributed by atoms with Crippen molar-refractivity contribution in [3.63, 3.8) is 0 Å². The van der Waals surface area contributed by atoms with Crippen molar-refractivity contribution >= 4 is 11.9 Å². The second-order valence-corrected chi connectivity index (χ2v) is 5.23. The van der Waals surface area contributed by atoms with Crippen LogP contribution < -0.4 is 10.6 Å². The van der Waals surface area contributed by atoms with Crippen LogP contribution in [0.15, 0.2) is 36.7 Å². The Balaban J connectivity index is 2.00. The highest BCUT2D eigenvalue weighted by Crippen LogP contribution is 2.15. The van der Waals surface area contributed by atoms with Gasteiger partial charge < -0.3 is 10.6 Å². The molecule has 22 heavy (non-hydrogen) atoms. The monoisotopic (exact) mass is 298 g/mol. The minimum atomic E-state index is -0.173. The third kappa shape index (κ3) is 4.04. The Labute approximate surface area is 131 Å². The second kappa shape index (κ2) is 7.54. The maximum atomic E-state index is 12.2. The summed E-state index contributed by atoms with van der Waals surface area (Å²) in [4.78, 5) is 20.3. The van der Waals surface area contributed by atoms with E-state index in [1.54, 1.807) is 7.05 Å². The third-order valence-corrected chi connectivity index (χ3v) is 3.50. The number of hydrogen-bond acceptors (Lipinski definition) is 4. The third-order valence-electron chi connectivity index (χ3n) is 3.50. The fourth-order valence-electron chi connectivity index (χ4n) is 2.20. The first kappa shape index (κ1) is 15.9. The smallest absolute Gasteiger partial charge is 0.254 e. The number of hydrogen-bond donors (Lipinski definition) is 2. The van der Waals surface area contributed by atoms with Crippen molar-refractivity contribution in [3.8, 4) is 0 Å². The molecule has 0 bridgehead atoms. The summed E-state index contributed by atoms with van der Waals surface area (Å²) >= 11 is 0. The van der Waals surface area contributed by atoms with Gasteiger partial charge in [-0.05, 0) is 24.5 Å². The van der Waals surface area contributed by atoms with Gasteiger partial charge in [0.1, 0.15) is 0 Å². The van der Waals surface area contributed by atoms with Crippen molar-refractivity contribution in [3.05, 3.63) is 53.3 Å². The van der Waals surface area contributed by atoms with Gasteiger partial charge in [-0.1, -0.05) is 37.6 Å². The Bertz CT molecular complexity index is 608. The fourth-order valence-corrected chi connectivity index (χ4v) is 2.20. The molecule has 1 aromatic heterocycles. The first-order valence-corrected chi connectivity index (χ1v) is 7.53. The first-order valence-electron chi connectivity index (χ1n) is 7.53. The zero-order valence-electron chi connectivity index (χ0n) is 13.3. The number of rotatable bonds is 6. The van der Waals surface area contributed by atoms with E-state index >= 15 is 0 Å². The van der Waals surface area contributed by atoms with Crippen LogP contribution in [0.3, 0.4) is 0 Å². The van der Waals surface area contributed by atoms with Crippen LogP contribution in [-0.2, 0) is 6.42 Å². The molecule has 2 aromatic rings. The summed E-state index contributed by atoms with van der Waals surface area (Å²) in [7, 11) is 1.74. The van der Waals surface area contributed by atoms with E-state index in [1.165, 1.54) is 18.0 Å². The Morgan fingerprint density at radius 2 is 1.82 bits per heavy atom. The summed E-state index contributed by atoms with van der Waals surface area (Å²) in [6.45, 7) is 4.13. The zero-order valence-corrected chi connectivity index (χ0v) is 13.3. The van der Waals surface area contributed by atoms with E-state index in [1.807, 2.05) is 6.92 Å². The molecular weight excluding hydrogens is 276 g/mol. The molecule has 1 atom stereocenters. The highest BCUT2D eigenvalue weighted by Gasteiger charge is 2.12. The molecule has 5 heteroatoms. The fraction of sp³-hybridized carbons (Fsp3) is 0.353. The van der Waals surface area contributed by atoms with Gasteiger partial charge in [-0.2, -0.15) is 0 Å². The van der Waals surface area contributed by atoms with Crippen LogP contribution in [0, 0.1) is 0 Å². The van der Waals surface area contributed by atoms with E-state index < -0.39 is 0 Å². The number of anilines is 1. The second-order valence-electron chi connectivity index (χ2n) is 5.23. The van der Waals surface area contributed by atoms with Crippen molar-refractivity contribution in [2.45, 2.75) is 32.7 Å². The van der Waals surface area contributed by atoms with Gasteiger partial charge in [0.25, 0.3) is 5.91 Å². The van der Waals surface area contributed by atoms with Crippen LogP contribution in [0.25, 0.3) is 0 Å². The Morgan fingerprint density at radius 3 is 2.36 bits per heavy atom. The molecule has 1 unspecified atom stereocenters. The molecule has 0 spiro atoms. The highest BCUT2D eigenvalue weighted by atomic mass is 16.1. The number of aromatic nitrogens is 2. The quantitative estimate of drug-likeness (QED) is 0.860. The SMILES string of the molecule is CCCc1ccc(C(C)NC(=O)c2cnc(NC)nc2)cc1. The molecule has 2 N–H and O–H groups in total. The number of amides is 1. The number of carbonyl (C=O) groups excluding carboxylic acids is 1. The van der Waals surface area contributed by atoms with Gasteiger partial charge in [-0.3, -0.25) is 4.79 Å². The van der Waals surface area contributed by atoms with Crippen molar-refractivity contribution in [2.75, 3.05) is 12.4 Å². The lowest BCUT2D eigenvalue weighted by molar-refractivity contribution is 0.0939. The van der Waals surface area contributed by atoms with Gasteiger partial charge in [0.05, 0.1) is 11.6 Å². The summed E-state index contributed by atoms with van der Waals surface area (Å²) in [6, 6.07) is 8.30. The van der Waals surface area contributed by atoms with Crippen LogP contribution in [0.1, 0.15) is 47.8 Å². The summed E-state index contributed by atoms with van der Waals surface area (Å²) < 4.78 is 0. The van der Waals surface area contributed by atoms with E-state index in [4.69, 9.17) is 0 Å². The summed E-state index contributed by atoms with van der Waals surface area (Å²) in [6.07, 6.45) is 5.25. The van der Waals surface area contributed by atoms with E-state index in [0.717, 1.165) is 18.4 Å². The van der Waals surface area contributed by atoms with Crippen LogP contribution in [0.4, 0.5) is 5.95 Å². The minimum Gasteiger partial charge on any atom is -0.357 e. The van der Waals surface area contributed by atoms with Crippen LogP contribution >= 0.6 is 0 Å². The predicted octanol–water partition coefficient (Wildman–Crippen LogP) is 2.96. The van der Waals surface area contributed by atoms with Gasteiger partial charge >= 0.3 is 0 Å². The molecule has 0 aliphatic rings. The molecule has 116 valence electrons. The van der Waals surface area contributed by atoms with E-state index in [2.05, 4.69) is 51.8 Å². The van der Waals surface area contributed by atoms with Crippen LogP contribution in [-0.4, -0.2) is 22.9 Å². The maximum Gasteiger partial charge on any atom is 0.254 e. The minimum absolute atomic E-state index is 0.0628. The number of aryl methyl sites for hydroxylation is 1. The molecule has 0 fully saturated rings. The number of nitrogens with one attached hydrogen (secondary N) is 2. The highest BCUT2D eigenvalue weighted by molar-refractivity contribution is 5.93. The Hall–Kier alpha value is -2.43. The average Bonchev–Trinajstić information content (AvgIpc) is 2.55. The van der Waals surface area contributed by atoms with Gasteiger partial charge in [0, 0.05) is 19.4 Å². The zero-order chi connectivity index (χ0) is 15.9. The molecule has 1 aromatic carbocycles. The average molecular weight is 298 g/mol. The summed E-state index contributed by atoms with van der Waals surface area (Å²) in [5, 5.41) is 5.78. The molecule has 0 aliphatic heterocycles. The van der Waals surface area contributed by atoms with Crippen molar-refractivity contribution < 1.29 is 4.79 Å². The summed E-state index contributed by atoms with van der Waals surface area (Å²) in [5.74, 6) is 0.323. The molecule has 0 aliphatic carbocycles. The van der Waals surface area contributed by atoms with Crippen LogP contribution in [0.2, 0.25) is 0 Å². The van der Waals surface area contributed by atoms with Gasteiger partial charge in [-0.25, -0.2) is 9.97 Å². The maximum absolute atomic E-state index is 12.2.